The quantitative estimate of drug-likeness (QED) is 0.417. The normalized spacial score (nSPS) is 11.1. The highest BCUT2D eigenvalue weighted by Crippen LogP contribution is 2.36. The number of carbonyl (C=O) groups is 2. The van der Waals surface area contributed by atoms with E-state index in [4.69, 9.17) is 27.9 Å². The summed E-state index contributed by atoms with van der Waals surface area (Å²) in [4.78, 5) is 23.4. The molecule has 0 heterocycles. The molecule has 0 bridgehead atoms. The summed E-state index contributed by atoms with van der Waals surface area (Å²) >= 11 is 11.3. The molecule has 2 aromatic carbocycles. The van der Waals surface area contributed by atoms with Crippen LogP contribution in [0.4, 0.5) is 13.2 Å². The molecule has 2 aromatic rings. The number of halogens is 5. The fourth-order valence-corrected chi connectivity index (χ4v) is 2.11. The minimum absolute atomic E-state index is 0.0379. The van der Waals surface area contributed by atoms with E-state index in [0.717, 1.165) is 12.1 Å². The van der Waals surface area contributed by atoms with Crippen molar-refractivity contribution in [3.05, 3.63) is 57.6 Å². The number of hydrogen-bond acceptors (Lipinski definition) is 4. The summed E-state index contributed by atoms with van der Waals surface area (Å²) in [5.41, 5.74) is -0.589. The van der Waals surface area contributed by atoms with Gasteiger partial charge in [0.2, 0.25) is 0 Å². The monoisotopic (exact) mass is 392 g/mol. The third-order valence-electron chi connectivity index (χ3n) is 2.96. The Balaban J connectivity index is 2.11. The predicted molar refractivity (Wildman–Crippen MR) is 83.9 cm³/mol. The van der Waals surface area contributed by atoms with Gasteiger partial charge in [0.05, 0.1) is 10.6 Å². The van der Waals surface area contributed by atoms with E-state index in [-0.39, 0.29) is 5.75 Å². The largest absolute Gasteiger partial charge is 0.423 e. The highest BCUT2D eigenvalue weighted by Gasteiger charge is 2.34. The molecule has 0 N–H and O–H groups in total. The lowest BCUT2D eigenvalue weighted by atomic mass is 10.2. The summed E-state index contributed by atoms with van der Waals surface area (Å²) in [7, 11) is 0. The number of benzene rings is 2. The van der Waals surface area contributed by atoms with Gasteiger partial charge in [0.1, 0.15) is 11.5 Å². The Labute approximate surface area is 150 Å². The highest BCUT2D eigenvalue weighted by atomic mass is 35.5. The van der Waals surface area contributed by atoms with E-state index < -0.39 is 34.5 Å². The predicted octanol–water partition coefficient (Wildman–Crippen LogP) is 4.83. The lowest BCUT2D eigenvalue weighted by molar-refractivity contribution is -0.156. The summed E-state index contributed by atoms with van der Waals surface area (Å²) in [5, 5.41) is -0.130. The molecule has 9 heteroatoms. The van der Waals surface area contributed by atoms with Crippen LogP contribution in [-0.4, -0.2) is 11.9 Å². The van der Waals surface area contributed by atoms with E-state index in [2.05, 4.69) is 4.74 Å². The number of alkyl halides is 3. The van der Waals surface area contributed by atoms with E-state index in [0.29, 0.717) is 16.7 Å². The second-order valence-corrected chi connectivity index (χ2v) is 5.64. The fourth-order valence-electron chi connectivity index (χ4n) is 1.76. The van der Waals surface area contributed by atoms with E-state index in [1.165, 1.54) is 18.2 Å². The molecule has 0 saturated heterocycles. The second kappa shape index (κ2) is 7.33. The Bertz CT molecular complexity index is 835. The summed E-state index contributed by atoms with van der Waals surface area (Å²) in [6.45, 7) is 1.66. The lowest BCUT2D eigenvalue weighted by Gasteiger charge is -2.11. The van der Waals surface area contributed by atoms with Crippen molar-refractivity contribution in [1.82, 2.24) is 0 Å². The topological polar surface area (TPSA) is 52.6 Å². The molecule has 0 saturated carbocycles. The molecule has 0 unspecified atom stereocenters. The van der Waals surface area contributed by atoms with Crippen LogP contribution < -0.4 is 9.47 Å². The van der Waals surface area contributed by atoms with Gasteiger partial charge in [-0.25, -0.2) is 9.59 Å². The van der Waals surface area contributed by atoms with Crippen molar-refractivity contribution in [3.63, 3.8) is 0 Å². The van der Waals surface area contributed by atoms with Gasteiger partial charge in [-0.2, -0.15) is 13.2 Å². The zero-order valence-electron chi connectivity index (χ0n) is 12.5. The third kappa shape index (κ3) is 4.87. The van der Waals surface area contributed by atoms with Crippen LogP contribution in [0.25, 0.3) is 0 Å². The molecule has 0 aliphatic rings. The van der Waals surface area contributed by atoms with Crippen LogP contribution in [0.3, 0.4) is 0 Å². The molecule has 25 heavy (non-hydrogen) atoms. The van der Waals surface area contributed by atoms with Crippen molar-refractivity contribution in [2.75, 3.05) is 0 Å². The fraction of sp³-hybridized carbons (Fsp3) is 0.125. The molecule has 0 fully saturated rings. The summed E-state index contributed by atoms with van der Waals surface area (Å²) in [5.74, 6) is -3.34. The van der Waals surface area contributed by atoms with Crippen LogP contribution in [0.5, 0.6) is 11.5 Å². The van der Waals surface area contributed by atoms with Crippen LogP contribution in [0.2, 0.25) is 10.0 Å². The maximum atomic E-state index is 12.8. The number of hydrogen-bond donors (Lipinski definition) is 0. The number of rotatable bonds is 2. The van der Waals surface area contributed by atoms with E-state index in [9.17, 15) is 22.8 Å². The summed E-state index contributed by atoms with van der Waals surface area (Å²) in [6.07, 6.45) is -4.74. The van der Waals surface area contributed by atoms with E-state index in [1.807, 2.05) is 0 Å². The number of aryl methyl sites for hydroxylation is 1. The van der Waals surface area contributed by atoms with Crippen LogP contribution >= 0.6 is 23.2 Å². The van der Waals surface area contributed by atoms with Gasteiger partial charge >= 0.3 is 18.1 Å². The van der Waals surface area contributed by atoms with Gasteiger partial charge in [-0.05, 0) is 48.9 Å². The summed E-state index contributed by atoms with van der Waals surface area (Å²) < 4.78 is 47.6. The third-order valence-corrected chi connectivity index (χ3v) is 3.71. The van der Waals surface area contributed by atoms with Crippen molar-refractivity contribution in [2.24, 2.45) is 0 Å². The Morgan fingerprint density at radius 1 is 0.880 bits per heavy atom. The zero-order valence-corrected chi connectivity index (χ0v) is 14.0. The molecular formula is C16H9Cl2F3O4. The van der Waals surface area contributed by atoms with Crippen LogP contribution in [0, 0.1) is 6.92 Å². The van der Waals surface area contributed by atoms with Gasteiger partial charge in [0, 0.05) is 5.02 Å². The van der Waals surface area contributed by atoms with E-state index >= 15 is 0 Å². The maximum Gasteiger partial charge on any atom is 0.423 e. The molecule has 2 rings (SSSR count). The van der Waals surface area contributed by atoms with Crippen molar-refractivity contribution >= 4 is 35.1 Å². The van der Waals surface area contributed by atoms with Crippen molar-refractivity contribution in [1.29, 1.82) is 0 Å². The van der Waals surface area contributed by atoms with E-state index in [1.54, 1.807) is 6.92 Å². The molecule has 0 amide bonds. The molecule has 0 spiro atoms. The average molecular weight is 393 g/mol. The first-order valence-electron chi connectivity index (χ1n) is 6.65. The van der Waals surface area contributed by atoms with Gasteiger partial charge in [-0.15, -0.1) is 0 Å². The minimum Gasteiger partial charge on any atom is -0.418 e. The van der Waals surface area contributed by atoms with Crippen LogP contribution in [0.15, 0.2) is 36.4 Å². The average Bonchev–Trinajstić information content (AvgIpc) is 2.51. The molecule has 0 aliphatic carbocycles. The van der Waals surface area contributed by atoms with Crippen molar-refractivity contribution in [3.8, 4) is 11.5 Å². The molecular weight excluding hydrogens is 384 g/mol. The van der Waals surface area contributed by atoms with Crippen molar-refractivity contribution < 1.29 is 32.2 Å². The van der Waals surface area contributed by atoms with Gasteiger partial charge in [0.15, 0.2) is 0 Å². The summed E-state index contributed by atoms with van der Waals surface area (Å²) in [6, 6.07) is 6.66. The van der Waals surface area contributed by atoms with Crippen LogP contribution in [-0.2, 0) is 15.8 Å². The standard InChI is InChI=1S/C16H9Cl2F3O4/c1-8-6-9(2-4-12(8)17)24-14(22)15(23)25-10-3-5-13(18)11(7-10)16(19,20)21/h2-7H,1H3. The molecule has 0 aromatic heterocycles. The number of esters is 2. The Kier molecular flexibility index (Phi) is 5.59. The van der Waals surface area contributed by atoms with Gasteiger partial charge in [-0.3, -0.25) is 0 Å². The van der Waals surface area contributed by atoms with Crippen LogP contribution in [0.1, 0.15) is 11.1 Å². The first kappa shape index (κ1) is 19.1. The van der Waals surface area contributed by atoms with Crippen molar-refractivity contribution in [2.45, 2.75) is 13.1 Å². The molecule has 0 radical (unpaired) electrons. The Morgan fingerprint density at radius 2 is 1.36 bits per heavy atom. The zero-order chi connectivity index (χ0) is 18.8. The smallest absolute Gasteiger partial charge is 0.418 e. The second-order valence-electron chi connectivity index (χ2n) is 4.83. The lowest BCUT2D eigenvalue weighted by Crippen LogP contribution is -2.25. The maximum absolute atomic E-state index is 12.8. The molecule has 4 nitrogen and oxygen atoms in total. The Hall–Kier alpha value is -2.25. The first-order valence-corrected chi connectivity index (χ1v) is 7.40. The number of carbonyl (C=O) groups excluding carboxylic acids is 2. The minimum atomic E-state index is -4.74. The molecule has 0 atom stereocenters. The SMILES string of the molecule is Cc1cc(OC(=O)C(=O)Oc2ccc(Cl)c(C(F)(F)F)c2)ccc1Cl. The number of ether oxygens (including phenoxy) is 2. The van der Waals surface area contributed by atoms with Gasteiger partial charge < -0.3 is 9.47 Å². The molecule has 0 aliphatic heterocycles. The highest BCUT2D eigenvalue weighted by molar-refractivity contribution is 6.32. The first-order chi connectivity index (χ1) is 11.6. The van der Waals surface area contributed by atoms with Gasteiger partial charge in [0.25, 0.3) is 0 Å². The Morgan fingerprint density at radius 3 is 1.84 bits per heavy atom. The molecule has 132 valence electrons. The van der Waals surface area contributed by atoms with Gasteiger partial charge in [-0.1, -0.05) is 23.2 Å².